The normalized spacial score (nSPS) is 16.9. The van der Waals surface area contributed by atoms with E-state index >= 15 is 0 Å². The van der Waals surface area contributed by atoms with Crippen molar-refractivity contribution in [3.8, 4) is 5.75 Å². The molecular formula is C23H27ClFN3O2. The highest BCUT2D eigenvalue weighted by molar-refractivity contribution is 6.33. The molecule has 2 aromatic rings. The molecule has 1 saturated heterocycles. The predicted octanol–water partition coefficient (Wildman–Crippen LogP) is 4.35. The number of amides is 1. The number of piperazine rings is 1. The summed E-state index contributed by atoms with van der Waals surface area (Å²) >= 11 is 6.11. The molecule has 7 heteroatoms. The van der Waals surface area contributed by atoms with E-state index in [0.29, 0.717) is 13.0 Å². The van der Waals surface area contributed by atoms with Crippen LogP contribution >= 0.6 is 11.6 Å². The van der Waals surface area contributed by atoms with Gasteiger partial charge in [-0.2, -0.15) is 0 Å². The zero-order chi connectivity index (χ0) is 20.9. The number of anilines is 2. The van der Waals surface area contributed by atoms with Gasteiger partial charge < -0.3 is 15.0 Å². The minimum absolute atomic E-state index is 0.0689. The highest BCUT2D eigenvalue weighted by Crippen LogP contribution is 2.29. The van der Waals surface area contributed by atoms with Crippen molar-refractivity contribution >= 4 is 28.9 Å². The molecule has 2 aromatic carbocycles. The van der Waals surface area contributed by atoms with Gasteiger partial charge in [0, 0.05) is 44.4 Å². The first-order chi connectivity index (χ1) is 14.6. The molecule has 0 unspecified atom stereocenters. The van der Waals surface area contributed by atoms with Crippen LogP contribution in [0.2, 0.25) is 5.02 Å². The molecule has 1 fully saturated rings. The molecule has 1 amide bonds. The van der Waals surface area contributed by atoms with Crippen LogP contribution in [0.15, 0.2) is 36.4 Å². The molecule has 0 aromatic heterocycles. The highest BCUT2D eigenvalue weighted by atomic mass is 35.5. The van der Waals surface area contributed by atoms with Crippen molar-refractivity contribution in [3.05, 3.63) is 52.8 Å². The zero-order valence-electron chi connectivity index (χ0n) is 17.0. The molecule has 0 radical (unpaired) electrons. The fraction of sp³-hybridized carbons (Fsp3) is 0.435. The van der Waals surface area contributed by atoms with Gasteiger partial charge in [0.05, 0.1) is 17.3 Å². The van der Waals surface area contributed by atoms with E-state index in [-0.39, 0.29) is 16.7 Å². The summed E-state index contributed by atoms with van der Waals surface area (Å²) in [5.41, 5.74) is 2.83. The number of fused-ring (bicyclic) bond motifs is 1. The van der Waals surface area contributed by atoms with E-state index < -0.39 is 0 Å². The summed E-state index contributed by atoms with van der Waals surface area (Å²) in [7, 11) is 0. The second-order valence-electron chi connectivity index (χ2n) is 7.82. The van der Waals surface area contributed by atoms with Crippen molar-refractivity contribution in [2.45, 2.75) is 25.7 Å². The van der Waals surface area contributed by atoms with Crippen LogP contribution in [0.1, 0.15) is 24.8 Å². The second kappa shape index (κ2) is 9.67. The molecule has 0 spiro atoms. The van der Waals surface area contributed by atoms with Crippen molar-refractivity contribution in [1.29, 1.82) is 0 Å². The summed E-state index contributed by atoms with van der Waals surface area (Å²) in [5, 5.41) is 3.12. The summed E-state index contributed by atoms with van der Waals surface area (Å²) in [6.07, 6.45) is 3.37. The van der Waals surface area contributed by atoms with Crippen LogP contribution in [0.25, 0.3) is 0 Å². The topological polar surface area (TPSA) is 44.8 Å². The van der Waals surface area contributed by atoms with Crippen molar-refractivity contribution in [2.75, 3.05) is 49.5 Å². The summed E-state index contributed by atoms with van der Waals surface area (Å²) in [5.74, 6) is 0.508. The average Bonchev–Trinajstić information content (AvgIpc) is 2.76. The summed E-state index contributed by atoms with van der Waals surface area (Å²) < 4.78 is 19.5. The molecule has 0 bridgehead atoms. The maximum Gasteiger partial charge on any atom is 0.224 e. The number of carbonyl (C=O) groups is 1. The van der Waals surface area contributed by atoms with Gasteiger partial charge in [0.1, 0.15) is 11.6 Å². The van der Waals surface area contributed by atoms with Gasteiger partial charge >= 0.3 is 0 Å². The van der Waals surface area contributed by atoms with Crippen molar-refractivity contribution < 1.29 is 13.9 Å². The van der Waals surface area contributed by atoms with Crippen LogP contribution in [-0.2, 0) is 11.2 Å². The lowest BCUT2D eigenvalue weighted by molar-refractivity contribution is -0.116. The van der Waals surface area contributed by atoms with Crippen molar-refractivity contribution in [3.63, 3.8) is 0 Å². The van der Waals surface area contributed by atoms with E-state index in [1.807, 2.05) is 24.3 Å². The molecule has 2 aliphatic heterocycles. The lowest BCUT2D eigenvalue weighted by Gasteiger charge is -2.36. The fourth-order valence-corrected chi connectivity index (χ4v) is 4.26. The number of unbranched alkanes of at least 4 members (excludes halogenated alkanes) is 1. The lowest BCUT2D eigenvalue weighted by atomic mass is 10.0. The Labute approximate surface area is 181 Å². The standard InChI is InChI=1S/C23H27ClFN3O2/c24-23-19(25)4-3-5-21(23)28-13-11-27(12-14-28)10-1-2-15-30-18-8-6-17-7-9-22(29)26-20(17)16-18/h3-6,8,16H,1-2,7,9-15H2,(H,26,29). The number of halogens is 2. The number of aryl methyl sites for hydroxylation is 1. The predicted molar refractivity (Wildman–Crippen MR) is 118 cm³/mol. The Hall–Kier alpha value is -2.31. The van der Waals surface area contributed by atoms with Crippen LogP contribution in [0.5, 0.6) is 5.75 Å². The summed E-state index contributed by atoms with van der Waals surface area (Å²) in [6.45, 7) is 5.26. The first-order valence-corrected chi connectivity index (χ1v) is 10.9. The van der Waals surface area contributed by atoms with E-state index in [1.54, 1.807) is 6.07 Å². The number of hydrogen-bond acceptors (Lipinski definition) is 4. The van der Waals surface area contributed by atoms with E-state index in [4.69, 9.17) is 16.3 Å². The van der Waals surface area contributed by atoms with Gasteiger partial charge in [-0.15, -0.1) is 0 Å². The molecule has 0 aliphatic carbocycles. The molecule has 0 atom stereocenters. The molecular weight excluding hydrogens is 405 g/mol. The highest BCUT2D eigenvalue weighted by Gasteiger charge is 2.20. The van der Waals surface area contributed by atoms with E-state index in [9.17, 15) is 9.18 Å². The summed E-state index contributed by atoms with van der Waals surface area (Å²) in [6, 6.07) is 10.9. The van der Waals surface area contributed by atoms with E-state index in [1.165, 1.54) is 11.6 Å². The molecule has 4 rings (SSSR count). The fourth-order valence-electron chi connectivity index (χ4n) is 4.02. The third-order valence-electron chi connectivity index (χ3n) is 5.76. The molecule has 0 saturated carbocycles. The van der Waals surface area contributed by atoms with Gasteiger partial charge in [-0.25, -0.2) is 4.39 Å². The van der Waals surface area contributed by atoms with Crippen LogP contribution in [-0.4, -0.2) is 50.1 Å². The number of nitrogens with one attached hydrogen (secondary N) is 1. The Morgan fingerprint density at radius 2 is 1.90 bits per heavy atom. The Kier molecular flexibility index (Phi) is 6.75. The second-order valence-corrected chi connectivity index (χ2v) is 8.20. The first kappa shape index (κ1) is 20.9. The van der Waals surface area contributed by atoms with Crippen LogP contribution in [0.4, 0.5) is 15.8 Å². The first-order valence-electron chi connectivity index (χ1n) is 10.6. The van der Waals surface area contributed by atoms with Gasteiger partial charge in [0.15, 0.2) is 0 Å². The maximum atomic E-state index is 13.7. The molecule has 5 nitrogen and oxygen atoms in total. The Bertz CT molecular complexity index is 900. The third-order valence-corrected chi connectivity index (χ3v) is 6.13. The van der Waals surface area contributed by atoms with Gasteiger partial charge in [-0.1, -0.05) is 23.7 Å². The van der Waals surface area contributed by atoms with Crippen LogP contribution in [0, 0.1) is 5.82 Å². The van der Waals surface area contributed by atoms with E-state index in [2.05, 4.69) is 15.1 Å². The molecule has 2 aliphatic rings. The zero-order valence-corrected chi connectivity index (χ0v) is 17.8. The Morgan fingerprint density at radius 3 is 2.73 bits per heavy atom. The number of rotatable bonds is 7. The van der Waals surface area contributed by atoms with Crippen molar-refractivity contribution in [2.24, 2.45) is 0 Å². The Balaban J connectivity index is 1.15. The number of carbonyl (C=O) groups excluding carboxylic acids is 1. The van der Waals surface area contributed by atoms with Gasteiger partial charge in [0.2, 0.25) is 5.91 Å². The Morgan fingerprint density at radius 1 is 1.07 bits per heavy atom. The number of benzene rings is 2. The number of nitrogens with zero attached hydrogens (tertiary/aromatic N) is 2. The number of hydrogen-bond donors (Lipinski definition) is 1. The summed E-state index contributed by atoms with van der Waals surface area (Å²) in [4.78, 5) is 16.1. The average molecular weight is 432 g/mol. The number of ether oxygens (including phenoxy) is 1. The smallest absolute Gasteiger partial charge is 0.224 e. The van der Waals surface area contributed by atoms with E-state index in [0.717, 1.165) is 69.1 Å². The maximum absolute atomic E-state index is 13.7. The van der Waals surface area contributed by atoms with Gasteiger partial charge in [-0.3, -0.25) is 9.69 Å². The van der Waals surface area contributed by atoms with Gasteiger partial charge in [-0.05, 0) is 49.6 Å². The van der Waals surface area contributed by atoms with Crippen LogP contribution in [0.3, 0.4) is 0 Å². The lowest BCUT2D eigenvalue weighted by Crippen LogP contribution is -2.46. The third kappa shape index (κ3) is 5.05. The largest absolute Gasteiger partial charge is 0.494 e. The van der Waals surface area contributed by atoms with Gasteiger partial charge in [0.25, 0.3) is 0 Å². The molecule has 160 valence electrons. The molecule has 2 heterocycles. The van der Waals surface area contributed by atoms with Crippen molar-refractivity contribution in [1.82, 2.24) is 4.90 Å². The minimum atomic E-state index is -0.363. The SMILES string of the molecule is O=C1CCc2ccc(OCCCCN3CCN(c4cccc(F)c4Cl)CC3)cc2N1. The monoisotopic (exact) mass is 431 g/mol. The molecule has 1 N–H and O–H groups in total. The molecule has 30 heavy (non-hydrogen) atoms. The quantitative estimate of drug-likeness (QED) is 0.662. The van der Waals surface area contributed by atoms with Crippen LogP contribution < -0.4 is 15.0 Å². The minimum Gasteiger partial charge on any atom is -0.494 e.